The highest BCUT2D eigenvalue weighted by molar-refractivity contribution is 5.79. The van der Waals surface area contributed by atoms with Crippen molar-refractivity contribution in [2.75, 3.05) is 0 Å². The molecule has 0 heterocycles. The van der Waals surface area contributed by atoms with Gasteiger partial charge in [0.25, 0.3) is 6.43 Å². The Morgan fingerprint density at radius 1 is 1.00 bits per heavy atom. The van der Waals surface area contributed by atoms with Gasteiger partial charge >= 0.3 is 0 Å². The largest absolute Gasteiger partial charge is 0.384 e. The topological polar surface area (TPSA) is 37.3 Å². The predicted molar refractivity (Wildman–Crippen MR) is 92.2 cm³/mol. The normalized spacial score (nSPS) is 52.4. The van der Waals surface area contributed by atoms with E-state index in [1.165, 1.54) is 6.42 Å². The Morgan fingerprint density at radius 3 is 2.40 bits per heavy atom. The summed E-state index contributed by atoms with van der Waals surface area (Å²) >= 11 is 0. The van der Waals surface area contributed by atoms with Crippen LogP contribution in [0, 0.1) is 40.9 Å². The van der Waals surface area contributed by atoms with Gasteiger partial charge in [0.15, 0.2) is 0 Å². The van der Waals surface area contributed by atoms with Crippen LogP contribution in [0.3, 0.4) is 0 Å². The Hall–Kier alpha value is -0.510. The first kappa shape index (κ1) is 17.9. The van der Waals surface area contributed by atoms with Crippen molar-refractivity contribution in [2.24, 2.45) is 40.9 Å². The summed E-state index contributed by atoms with van der Waals surface area (Å²) in [5.74, 6) is 3.30. The Balaban J connectivity index is 1.53. The minimum atomic E-state index is -2.62. The van der Waals surface area contributed by atoms with Gasteiger partial charge in [0.2, 0.25) is 0 Å². The van der Waals surface area contributed by atoms with E-state index >= 15 is 0 Å². The Kier molecular flexibility index (Phi) is 4.29. The van der Waals surface area contributed by atoms with Crippen LogP contribution in [0.4, 0.5) is 8.78 Å². The highest BCUT2D eigenvalue weighted by Crippen LogP contribution is 2.64. The van der Waals surface area contributed by atoms with Crippen molar-refractivity contribution in [1.29, 1.82) is 0 Å². The van der Waals surface area contributed by atoms with E-state index in [2.05, 4.69) is 6.92 Å². The van der Waals surface area contributed by atoms with Gasteiger partial charge in [-0.05, 0) is 99.7 Å². The third-order valence-corrected chi connectivity index (χ3v) is 8.94. The molecule has 0 aromatic heterocycles. The summed E-state index contributed by atoms with van der Waals surface area (Å²) in [6.45, 7) is 4.10. The number of alkyl halides is 2. The van der Waals surface area contributed by atoms with Gasteiger partial charge in [-0.3, -0.25) is 4.79 Å². The second-order valence-corrected chi connectivity index (χ2v) is 9.87. The van der Waals surface area contributed by atoms with Crippen LogP contribution in [-0.2, 0) is 4.79 Å². The molecule has 4 fully saturated rings. The molecule has 2 nitrogen and oxygen atoms in total. The molecular formula is C21H32F2O2. The number of fused-ring (bicyclic) bond motifs is 5. The molecule has 25 heavy (non-hydrogen) atoms. The molecule has 4 saturated carbocycles. The number of ketones is 1. The molecule has 0 unspecified atom stereocenters. The number of carbonyl (C=O) groups is 1. The molecule has 0 saturated heterocycles. The second-order valence-electron chi connectivity index (χ2n) is 9.87. The van der Waals surface area contributed by atoms with Crippen molar-refractivity contribution >= 4 is 5.78 Å². The van der Waals surface area contributed by atoms with E-state index in [0.717, 1.165) is 38.5 Å². The lowest BCUT2D eigenvalue weighted by Gasteiger charge is -2.57. The van der Waals surface area contributed by atoms with Gasteiger partial charge in [0, 0.05) is 5.92 Å². The van der Waals surface area contributed by atoms with Crippen LogP contribution >= 0.6 is 0 Å². The molecule has 4 aliphatic carbocycles. The Bertz CT molecular complexity index is 550. The SMILES string of the molecule is CC(=O)[C@H]1CC[C@H]2[C@@H]3CC[C@@H]4C[C@@](O)(C(F)F)CC[C@@H]4[C@H]3CC[C@]12C. The van der Waals surface area contributed by atoms with Crippen molar-refractivity contribution in [3.8, 4) is 0 Å². The predicted octanol–water partition coefficient (Wildman–Crippen LogP) is 4.84. The standard InChI is InChI=1S/C21H32F2O2/c1-12(24)17-5-6-18-16-4-3-13-11-21(25,19(22)23)10-8-14(13)15(16)7-9-20(17,18)2/h13-19,25H,3-11H2,1-2H3/t13-,14+,15-,16-,17-,18+,20-,21-/m1/s1. The van der Waals surface area contributed by atoms with Gasteiger partial charge in [-0.25, -0.2) is 8.78 Å². The van der Waals surface area contributed by atoms with Crippen LogP contribution in [0.1, 0.15) is 71.6 Å². The van der Waals surface area contributed by atoms with Crippen molar-refractivity contribution in [1.82, 2.24) is 0 Å². The van der Waals surface area contributed by atoms with Crippen molar-refractivity contribution in [3.05, 3.63) is 0 Å². The average molecular weight is 354 g/mol. The molecule has 1 N–H and O–H groups in total. The minimum Gasteiger partial charge on any atom is -0.384 e. The summed E-state index contributed by atoms with van der Waals surface area (Å²) in [5.41, 5.74) is -1.58. The fraction of sp³-hybridized carbons (Fsp3) is 0.952. The molecule has 0 aromatic carbocycles. The van der Waals surface area contributed by atoms with Gasteiger partial charge in [-0.15, -0.1) is 0 Å². The quantitative estimate of drug-likeness (QED) is 0.770. The minimum absolute atomic E-state index is 0.165. The summed E-state index contributed by atoms with van der Waals surface area (Å²) in [7, 11) is 0. The molecule has 0 spiro atoms. The molecule has 4 rings (SSSR count). The molecule has 8 atom stereocenters. The molecule has 0 radical (unpaired) electrons. The van der Waals surface area contributed by atoms with E-state index in [9.17, 15) is 18.7 Å². The zero-order valence-electron chi connectivity index (χ0n) is 15.5. The van der Waals surface area contributed by atoms with Crippen molar-refractivity contribution in [2.45, 2.75) is 83.7 Å². The van der Waals surface area contributed by atoms with E-state index in [4.69, 9.17) is 0 Å². The van der Waals surface area contributed by atoms with Crippen molar-refractivity contribution in [3.63, 3.8) is 0 Å². The molecular weight excluding hydrogens is 322 g/mol. The molecule has 0 amide bonds. The first-order chi connectivity index (χ1) is 11.8. The molecule has 4 heteroatoms. The van der Waals surface area contributed by atoms with Gasteiger partial charge in [-0.1, -0.05) is 6.92 Å². The van der Waals surface area contributed by atoms with E-state index in [0.29, 0.717) is 29.5 Å². The maximum atomic E-state index is 13.3. The highest BCUT2D eigenvalue weighted by atomic mass is 19.3. The van der Waals surface area contributed by atoms with E-state index in [1.807, 2.05) is 0 Å². The summed E-state index contributed by atoms with van der Waals surface area (Å²) in [6, 6.07) is 0. The summed E-state index contributed by atoms with van der Waals surface area (Å²) < 4.78 is 26.5. The number of aliphatic hydroxyl groups is 1. The number of hydrogen-bond acceptors (Lipinski definition) is 2. The number of halogens is 2. The van der Waals surface area contributed by atoms with Gasteiger partial charge in [-0.2, -0.15) is 0 Å². The van der Waals surface area contributed by atoms with E-state index in [1.54, 1.807) is 6.92 Å². The zero-order chi connectivity index (χ0) is 18.0. The first-order valence-electron chi connectivity index (χ1n) is 10.3. The second kappa shape index (κ2) is 6.00. The number of rotatable bonds is 2. The lowest BCUT2D eigenvalue weighted by atomic mass is 9.49. The first-order valence-corrected chi connectivity index (χ1v) is 10.3. The number of carbonyl (C=O) groups excluding carboxylic acids is 1. The van der Waals surface area contributed by atoms with Gasteiger partial charge < -0.3 is 5.11 Å². The third-order valence-electron chi connectivity index (χ3n) is 8.94. The maximum Gasteiger partial charge on any atom is 0.266 e. The van der Waals surface area contributed by atoms with Crippen LogP contribution in [0.15, 0.2) is 0 Å². The zero-order valence-corrected chi connectivity index (χ0v) is 15.5. The van der Waals surface area contributed by atoms with Crippen LogP contribution in [0.2, 0.25) is 0 Å². The van der Waals surface area contributed by atoms with Crippen LogP contribution in [-0.4, -0.2) is 22.9 Å². The van der Waals surface area contributed by atoms with Crippen LogP contribution in [0.25, 0.3) is 0 Å². The lowest BCUT2D eigenvalue weighted by Crippen LogP contribution is -2.52. The van der Waals surface area contributed by atoms with Crippen LogP contribution in [0.5, 0.6) is 0 Å². The molecule has 142 valence electrons. The van der Waals surface area contributed by atoms with Gasteiger partial charge in [0.05, 0.1) is 0 Å². The van der Waals surface area contributed by atoms with Gasteiger partial charge in [0.1, 0.15) is 11.4 Å². The summed E-state index contributed by atoms with van der Waals surface area (Å²) in [5, 5.41) is 10.3. The Morgan fingerprint density at radius 2 is 1.72 bits per heavy atom. The molecule has 0 aliphatic heterocycles. The monoisotopic (exact) mass is 354 g/mol. The number of hydrogen-bond donors (Lipinski definition) is 1. The third kappa shape index (κ3) is 2.61. The fourth-order valence-corrected chi connectivity index (χ4v) is 7.78. The lowest BCUT2D eigenvalue weighted by molar-refractivity contribution is -0.160. The van der Waals surface area contributed by atoms with Crippen LogP contribution < -0.4 is 0 Å². The molecule has 0 bridgehead atoms. The Labute approximate surface area is 149 Å². The molecule has 0 aromatic rings. The van der Waals surface area contributed by atoms with E-state index < -0.39 is 12.0 Å². The fourth-order valence-electron chi connectivity index (χ4n) is 7.78. The maximum absolute atomic E-state index is 13.3. The summed E-state index contributed by atoms with van der Waals surface area (Å²) in [6.07, 6.45) is 5.25. The van der Waals surface area contributed by atoms with Crippen molar-refractivity contribution < 1.29 is 18.7 Å². The smallest absolute Gasteiger partial charge is 0.266 e. The molecule has 4 aliphatic rings. The highest BCUT2D eigenvalue weighted by Gasteiger charge is 2.59. The summed E-state index contributed by atoms with van der Waals surface area (Å²) in [4.78, 5) is 12.1. The van der Waals surface area contributed by atoms with E-state index in [-0.39, 0.29) is 30.1 Å². The average Bonchev–Trinajstić information content (AvgIpc) is 2.91. The number of Topliss-reactive ketones (excluding diaryl/α,β-unsaturated/α-hetero) is 1.